The zero-order valence-corrected chi connectivity index (χ0v) is 26.8. The number of hydrogen-bond donors (Lipinski definition) is 0. The van der Waals surface area contributed by atoms with Crippen molar-refractivity contribution in [2.24, 2.45) is 5.92 Å². The van der Waals surface area contributed by atoms with Crippen molar-refractivity contribution in [2.75, 3.05) is 26.4 Å². The van der Waals surface area contributed by atoms with Gasteiger partial charge in [-0.3, -0.25) is 4.84 Å². The van der Waals surface area contributed by atoms with Crippen LogP contribution in [0.1, 0.15) is 90.9 Å². The predicted octanol–water partition coefficient (Wildman–Crippen LogP) is 7.47. The van der Waals surface area contributed by atoms with Gasteiger partial charge in [-0.15, -0.1) is 0 Å². The third-order valence-electron chi connectivity index (χ3n) is 10.3. The first-order valence-corrected chi connectivity index (χ1v) is 16.2. The first-order valence-electron chi connectivity index (χ1n) is 16.2. The van der Waals surface area contributed by atoms with Crippen LogP contribution in [-0.4, -0.2) is 60.6 Å². The largest absolute Gasteiger partial charge is 0.491 e. The lowest BCUT2D eigenvalue weighted by Crippen LogP contribution is -2.71. The number of piperidine rings is 1. The molecule has 0 amide bonds. The second-order valence-electron chi connectivity index (χ2n) is 13.3. The van der Waals surface area contributed by atoms with E-state index in [2.05, 4.69) is 83.0 Å². The minimum Gasteiger partial charge on any atom is -0.491 e. The Balaban J connectivity index is 1.15. The normalized spacial score (nSPS) is 34.3. The zero-order valence-electron chi connectivity index (χ0n) is 26.8. The minimum atomic E-state index is -0.698. The maximum atomic E-state index is 6.93. The molecule has 234 valence electrons. The molecule has 3 saturated heterocycles. The number of rotatable bonds is 12. The van der Waals surface area contributed by atoms with Crippen molar-refractivity contribution in [2.45, 2.75) is 109 Å². The molecule has 7 unspecified atom stereocenters. The van der Waals surface area contributed by atoms with E-state index in [1.54, 1.807) is 0 Å². The number of hydroxylamine groups is 2. The molecular weight excluding hydrogens is 542 g/mol. The summed E-state index contributed by atoms with van der Waals surface area (Å²) >= 11 is 0. The first kappa shape index (κ1) is 30.6. The van der Waals surface area contributed by atoms with Gasteiger partial charge in [0.25, 0.3) is 0 Å². The standard InChI is InChI=1S/C36H49NO6/c1-7-34(5)24-36(41-23-32(42-36)22-40-33(29-14-15-29)28-12-10-9-11-13-28)26(4)35(6,8-2)37(34)43-25(3)27-16-18-30(19-17-27)38-20-31-21-39-31/h9-13,16-19,25-26,31-32H,7-8,14-15,20-24H2,1-6H3. The first-order chi connectivity index (χ1) is 20.7. The van der Waals surface area contributed by atoms with E-state index in [9.17, 15) is 0 Å². The van der Waals surface area contributed by atoms with Crippen molar-refractivity contribution in [3.8, 4) is 5.75 Å². The Labute approximate surface area is 257 Å². The molecule has 1 spiro atoms. The molecule has 2 aromatic rings. The minimum absolute atomic E-state index is 0.0672. The Kier molecular flexibility index (Phi) is 8.66. The molecule has 4 fully saturated rings. The van der Waals surface area contributed by atoms with Crippen LogP contribution < -0.4 is 4.74 Å². The van der Waals surface area contributed by atoms with Gasteiger partial charge in [-0.1, -0.05) is 63.2 Å². The van der Waals surface area contributed by atoms with E-state index < -0.39 is 5.79 Å². The molecule has 0 aromatic heterocycles. The van der Waals surface area contributed by atoms with E-state index in [1.807, 2.05) is 18.2 Å². The molecule has 43 heavy (non-hydrogen) atoms. The third-order valence-corrected chi connectivity index (χ3v) is 10.3. The van der Waals surface area contributed by atoms with Gasteiger partial charge in [0.15, 0.2) is 5.79 Å². The van der Waals surface area contributed by atoms with E-state index in [0.717, 1.165) is 61.3 Å². The van der Waals surface area contributed by atoms with E-state index in [4.69, 9.17) is 28.5 Å². The van der Waals surface area contributed by atoms with Crippen molar-refractivity contribution in [3.63, 3.8) is 0 Å². The molecule has 4 aliphatic rings. The van der Waals surface area contributed by atoms with Crippen molar-refractivity contribution in [3.05, 3.63) is 71.3 Å². The average molecular weight is 592 g/mol. The van der Waals surface area contributed by atoms with Gasteiger partial charge in [-0.2, -0.15) is 5.06 Å². The van der Waals surface area contributed by atoms with Gasteiger partial charge in [0.1, 0.15) is 43.0 Å². The summed E-state index contributed by atoms with van der Waals surface area (Å²) < 4.78 is 31.1. The topological polar surface area (TPSA) is 61.9 Å². The van der Waals surface area contributed by atoms with Gasteiger partial charge in [0, 0.05) is 23.4 Å². The lowest BCUT2D eigenvalue weighted by atomic mass is 9.67. The second-order valence-corrected chi connectivity index (χ2v) is 13.3. The van der Waals surface area contributed by atoms with Gasteiger partial charge in [0.2, 0.25) is 0 Å². The lowest BCUT2D eigenvalue weighted by molar-refractivity contribution is -0.380. The highest BCUT2D eigenvalue weighted by atomic mass is 16.8. The average Bonchev–Trinajstić information content (AvgIpc) is 3.97. The lowest BCUT2D eigenvalue weighted by Gasteiger charge is -2.62. The summed E-state index contributed by atoms with van der Waals surface area (Å²) in [5.74, 6) is 1.24. The Morgan fingerprint density at radius 3 is 2.30 bits per heavy atom. The number of hydrogen-bond acceptors (Lipinski definition) is 7. The highest BCUT2D eigenvalue weighted by molar-refractivity contribution is 5.66. The Morgan fingerprint density at radius 2 is 1.67 bits per heavy atom. The summed E-state index contributed by atoms with van der Waals surface area (Å²) in [5.41, 5.74) is 3.04. The highest BCUT2D eigenvalue weighted by Gasteiger charge is 2.64. The predicted molar refractivity (Wildman–Crippen MR) is 166 cm³/mol. The van der Waals surface area contributed by atoms with Crippen molar-refractivity contribution >= 4 is 5.76 Å². The summed E-state index contributed by atoms with van der Waals surface area (Å²) in [6.45, 7) is 15.9. The van der Waals surface area contributed by atoms with Gasteiger partial charge in [-0.05, 0) is 69.7 Å². The quantitative estimate of drug-likeness (QED) is 0.187. The number of benzene rings is 2. The molecule has 6 rings (SSSR count). The summed E-state index contributed by atoms with van der Waals surface area (Å²) in [4.78, 5) is 6.93. The van der Waals surface area contributed by atoms with E-state index in [0.29, 0.717) is 19.8 Å². The highest BCUT2D eigenvalue weighted by Crippen LogP contribution is 2.55. The summed E-state index contributed by atoms with van der Waals surface area (Å²) in [7, 11) is 0. The fourth-order valence-corrected chi connectivity index (χ4v) is 6.83. The molecule has 1 saturated carbocycles. The third kappa shape index (κ3) is 6.25. The van der Waals surface area contributed by atoms with Crippen LogP contribution in [0.5, 0.6) is 5.75 Å². The molecule has 0 bridgehead atoms. The zero-order chi connectivity index (χ0) is 30.2. The van der Waals surface area contributed by atoms with Crippen LogP contribution in [0, 0.1) is 5.92 Å². The molecule has 3 heterocycles. The fourth-order valence-electron chi connectivity index (χ4n) is 6.83. The Bertz CT molecular complexity index is 1270. The Hall–Kier alpha value is -2.42. The van der Waals surface area contributed by atoms with Crippen LogP contribution in [0.25, 0.3) is 5.76 Å². The molecule has 3 aliphatic heterocycles. The van der Waals surface area contributed by atoms with Crippen LogP contribution in [0.15, 0.2) is 60.2 Å². The van der Waals surface area contributed by atoms with Gasteiger partial charge < -0.3 is 23.7 Å². The maximum absolute atomic E-state index is 6.93. The van der Waals surface area contributed by atoms with Crippen LogP contribution >= 0.6 is 0 Å². The molecule has 1 aliphatic carbocycles. The number of allylic oxidation sites excluding steroid dienone is 1. The molecule has 7 nitrogen and oxygen atoms in total. The van der Waals surface area contributed by atoms with Gasteiger partial charge >= 0.3 is 0 Å². The SMILES string of the molecule is CCC1(C)CC2(OCC(COC(=C3CC3)c3ccccc3)O2)C(C)C(C)(CC)N1OC(C)c1ccc(OCC2CO2)cc1. The van der Waals surface area contributed by atoms with Gasteiger partial charge in [-0.25, -0.2) is 0 Å². The van der Waals surface area contributed by atoms with Crippen LogP contribution in [-0.2, 0) is 23.8 Å². The summed E-state index contributed by atoms with van der Waals surface area (Å²) in [6.07, 6.45) is 4.73. The van der Waals surface area contributed by atoms with Crippen molar-refractivity contribution in [1.82, 2.24) is 5.06 Å². The molecule has 2 aromatic carbocycles. The summed E-state index contributed by atoms with van der Waals surface area (Å²) in [5, 5.41) is 2.29. The maximum Gasteiger partial charge on any atom is 0.175 e. The van der Waals surface area contributed by atoms with Gasteiger partial charge in [0.05, 0.1) is 18.8 Å². The molecule has 7 atom stereocenters. The molecule has 7 heteroatoms. The van der Waals surface area contributed by atoms with E-state index >= 15 is 0 Å². The molecular formula is C36H49NO6. The monoisotopic (exact) mass is 591 g/mol. The summed E-state index contributed by atoms with van der Waals surface area (Å²) in [6, 6.07) is 18.7. The number of ether oxygens (including phenoxy) is 5. The Morgan fingerprint density at radius 1 is 0.953 bits per heavy atom. The van der Waals surface area contributed by atoms with E-state index in [1.165, 1.54) is 5.57 Å². The second kappa shape index (κ2) is 12.2. The number of epoxide rings is 1. The van der Waals surface area contributed by atoms with E-state index in [-0.39, 0.29) is 35.3 Å². The smallest absolute Gasteiger partial charge is 0.175 e. The van der Waals surface area contributed by atoms with Crippen molar-refractivity contribution in [1.29, 1.82) is 0 Å². The van der Waals surface area contributed by atoms with Crippen LogP contribution in [0.2, 0.25) is 0 Å². The fraction of sp³-hybridized carbons (Fsp3) is 0.611. The van der Waals surface area contributed by atoms with Crippen LogP contribution in [0.3, 0.4) is 0 Å². The number of nitrogens with zero attached hydrogens (tertiary/aromatic N) is 1. The molecule has 0 N–H and O–H groups in total. The molecule has 0 radical (unpaired) electrons. The van der Waals surface area contributed by atoms with Crippen molar-refractivity contribution < 1.29 is 28.5 Å². The van der Waals surface area contributed by atoms with Crippen LogP contribution in [0.4, 0.5) is 0 Å².